The second kappa shape index (κ2) is 13.6. The van der Waals surface area contributed by atoms with Gasteiger partial charge in [0, 0.05) is 0 Å². The zero-order chi connectivity index (χ0) is 17.5. The summed E-state index contributed by atoms with van der Waals surface area (Å²) in [6, 6.07) is 32.7. The van der Waals surface area contributed by atoms with Gasteiger partial charge in [0.15, 0.2) is 0 Å². The van der Waals surface area contributed by atoms with Crippen molar-refractivity contribution >= 4 is 10.8 Å². The molecule has 0 saturated carbocycles. The molecule has 4 aromatic carbocycles. The Morgan fingerprint density at radius 3 is 2.21 bits per heavy atom. The molecule has 28 heavy (non-hydrogen) atoms. The molecule has 1 aliphatic carbocycles. The van der Waals surface area contributed by atoms with E-state index in [0.717, 1.165) is 6.42 Å². The third kappa shape index (κ3) is 6.24. The Hall–Kier alpha value is -1.53. The van der Waals surface area contributed by atoms with Crippen LogP contribution in [-0.4, -0.2) is 0 Å². The monoisotopic (exact) mass is 482 g/mol. The fourth-order valence-electron chi connectivity index (χ4n) is 3.14. The maximum atomic E-state index is 3.39. The smallest absolute Gasteiger partial charge is 1.00 e. The van der Waals surface area contributed by atoms with Crippen LogP contribution in [0.1, 0.15) is 18.1 Å². The van der Waals surface area contributed by atoms with Crippen LogP contribution in [0.25, 0.3) is 21.9 Å². The minimum absolute atomic E-state index is 0. The van der Waals surface area contributed by atoms with Crippen molar-refractivity contribution in [3.05, 3.63) is 115 Å². The Balaban J connectivity index is 0.000000571. The van der Waals surface area contributed by atoms with Crippen molar-refractivity contribution in [1.82, 2.24) is 0 Å². The molecule has 0 spiro atoms. The molecule has 0 radical (unpaired) electrons. The van der Waals surface area contributed by atoms with E-state index in [9.17, 15) is 0 Å². The molecule has 5 rings (SSSR count). The van der Waals surface area contributed by atoms with Crippen molar-refractivity contribution in [2.45, 2.75) is 13.3 Å². The average Bonchev–Trinajstić information content (AvgIpc) is 3.34. The van der Waals surface area contributed by atoms with Gasteiger partial charge in [0.25, 0.3) is 0 Å². The van der Waals surface area contributed by atoms with Crippen LogP contribution in [0, 0.1) is 6.07 Å². The van der Waals surface area contributed by atoms with E-state index in [0.29, 0.717) is 0 Å². The van der Waals surface area contributed by atoms with Crippen molar-refractivity contribution in [2.75, 3.05) is 0 Å². The predicted octanol–water partition coefficient (Wildman–Crippen LogP) is 0.814. The summed E-state index contributed by atoms with van der Waals surface area (Å²) in [5.74, 6) is 0. The number of halogens is 2. The first-order valence-electron chi connectivity index (χ1n) is 8.59. The third-order valence-corrected chi connectivity index (χ3v) is 4.18. The number of allylic oxidation sites excluding steroid dienone is 1. The van der Waals surface area contributed by atoms with Crippen LogP contribution in [-0.2, 0) is 32.6 Å². The van der Waals surface area contributed by atoms with Gasteiger partial charge in [-0.05, 0) is 24.5 Å². The molecule has 4 aromatic rings. The second-order valence-electron chi connectivity index (χ2n) is 5.93. The van der Waals surface area contributed by atoms with Crippen molar-refractivity contribution in [3.63, 3.8) is 0 Å². The molecule has 0 fully saturated rings. The van der Waals surface area contributed by atoms with E-state index in [2.05, 4.69) is 61.2 Å². The normalized spacial score (nSPS) is 9.46. The van der Waals surface area contributed by atoms with Gasteiger partial charge < -0.3 is 24.8 Å². The van der Waals surface area contributed by atoms with Gasteiger partial charge in [-0.3, -0.25) is 0 Å². The molecule has 0 aliphatic heterocycles. The van der Waals surface area contributed by atoms with Crippen molar-refractivity contribution in [2.24, 2.45) is 0 Å². The van der Waals surface area contributed by atoms with Crippen LogP contribution in [0.5, 0.6) is 0 Å². The largest absolute Gasteiger partial charge is 4.00 e. The summed E-state index contributed by atoms with van der Waals surface area (Å²) in [5, 5.41) is 2.57. The van der Waals surface area contributed by atoms with Gasteiger partial charge >= 0.3 is 26.2 Å². The van der Waals surface area contributed by atoms with E-state index in [1.54, 1.807) is 6.08 Å². The van der Waals surface area contributed by atoms with Crippen LogP contribution in [0.4, 0.5) is 0 Å². The number of hydrogen-bond acceptors (Lipinski definition) is 0. The van der Waals surface area contributed by atoms with E-state index in [1.165, 1.54) is 33.0 Å². The zero-order valence-electron chi connectivity index (χ0n) is 15.8. The van der Waals surface area contributed by atoms with E-state index in [-0.39, 0.29) is 51.0 Å². The molecule has 0 amide bonds. The summed E-state index contributed by atoms with van der Waals surface area (Å²) in [6.45, 7) is 5.25. The number of rotatable bonds is 0. The molecule has 0 aromatic heterocycles. The molecule has 3 heteroatoms. The summed E-state index contributed by atoms with van der Waals surface area (Å²) in [5.41, 5.74) is 5.65. The van der Waals surface area contributed by atoms with Crippen LogP contribution < -0.4 is 24.8 Å². The predicted molar refractivity (Wildman–Crippen MR) is 109 cm³/mol. The Labute approximate surface area is 200 Å². The first-order chi connectivity index (χ1) is 12.3. The maximum absolute atomic E-state index is 3.39. The summed E-state index contributed by atoms with van der Waals surface area (Å²) in [6.07, 6.45) is 2.80. The van der Waals surface area contributed by atoms with Gasteiger partial charge in [-0.15, -0.1) is 47.2 Å². The van der Waals surface area contributed by atoms with E-state index in [4.69, 9.17) is 0 Å². The number of benzene rings is 3. The molecular formula is C25H22Cl2Zr. The first kappa shape index (κ1) is 26.5. The fourth-order valence-corrected chi connectivity index (χ4v) is 3.14. The topological polar surface area (TPSA) is 0 Å². The molecule has 0 atom stereocenters. The van der Waals surface area contributed by atoms with Gasteiger partial charge in [-0.2, -0.15) is 18.2 Å². The van der Waals surface area contributed by atoms with Crippen LogP contribution >= 0.6 is 0 Å². The Kier molecular flexibility index (Phi) is 12.9. The summed E-state index contributed by atoms with van der Waals surface area (Å²) < 4.78 is 0. The number of fused-ring (bicyclic) bond motifs is 5. The standard InChI is InChI=1S/C17H11.C5H5.C3H6.2ClH.Zr/c1-3-7-14-12(5-1)9-10-16-15-8-4-2-6-13(15)11-17(14)16;1-2-4-5-3-1;1-3-2;;;/h1-6,8-10H,11H2;1-5H;3H,1H2,2H3;2*1H;/q2*-1;;;;+4/p-2. The molecule has 1 aliphatic rings. The van der Waals surface area contributed by atoms with Gasteiger partial charge in [0.2, 0.25) is 0 Å². The Bertz CT molecular complexity index is 942. The molecule has 0 nitrogen and oxygen atoms in total. The van der Waals surface area contributed by atoms with E-state index >= 15 is 0 Å². The molecule has 0 heterocycles. The molecule has 0 saturated heterocycles. The molecule has 0 N–H and O–H groups in total. The molecule has 0 unspecified atom stereocenters. The summed E-state index contributed by atoms with van der Waals surface area (Å²) >= 11 is 0. The SMILES string of the molecule is C=CC.[Cl-].[Cl-].[Zr+4].[c-]1cccc2ccc3c(c12)Cc1ccccc1-3.c1cc[cH-]c1. The van der Waals surface area contributed by atoms with Crippen molar-refractivity contribution in [1.29, 1.82) is 0 Å². The molecule has 0 bridgehead atoms. The first-order valence-corrected chi connectivity index (χ1v) is 8.59. The zero-order valence-corrected chi connectivity index (χ0v) is 19.8. The average molecular weight is 485 g/mol. The number of hydrogen-bond donors (Lipinski definition) is 0. The Morgan fingerprint density at radius 1 is 0.893 bits per heavy atom. The second-order valence-corrected chi connectivity index (χ2v) is 5.93. The summed E-state index contributed by atoms with van der Waals surface area (Å²) in [4.78, 5) is 0. The maximum Gasteiger partial charge on any atom is 4.00 e. The summed E-state index contributed by atoms with van der Waals surface area (Å²) in [7, 11) is 0. The van der Waals surface area contributed by atoms with E-state index < -0.39 is 0 Å². The van der Waals surface area contributed by atoms with Gasteiger partial charge in [0.1, 0.15) is 0 Å². The third-order valence-electron chi connectivity index (χ3n) is 4.18. The van der Waals surface area contributed by atoms with E-state index in [1.807, 2.05) is 43.3 Å². The van der Waals surface area contributed by atoms with Gasteiger partial charge in [0.05, 0.1) is 0 Å². The minimum atomic E-state index is 0. The minimum Gasteiger partial charge on any atom is -1.00 e. The fraction of sp³-hybridized carbons (Fsp3) is 0.0800. The molecule has 140 valence electrons. The van der Waals surface area contributed by atoms with Crippen LogP contribution in [0.15, 0.2) is 97.6 Å². The van der Waals surface area contributed by atoms with Crippen molar-refractivity contribution < 1.29 is 51.0 Å². The van der Waals surface area contributed by atoms with Gasteiger partial charge in [-0.1, -0.05) is 48.0 Å². The molecular weight excluding hydrogens is 462 g/mol. The quantitative estimate of drug-likeness (QED) is 0.226. The van der Waals surface area contributed by atoms with Crippen LogP contribution in [0.2, 0.25) is 0 Å². The van der Waals surface area contributed by atoms with Crippen molar-refractivity contribution in [3.8, 4) is 11.1 Å². The Morgan fingerprint density at radius 2 is 1.57 bits per heavy atom. The van der Waals surface area contributed by atoms with Crippen LogP contribution in [0.3, 0.4) is 0 Å². The van der Waals surface area contributed by atoms with Gasteiger partial charge in [-0.25, -0.2) is 12.1 Å².